The van der Waals surface area contributed by atoms with Crippen molar-refractivity contribution in [3.8, 4) is 5.88 Å². The summed E-state index contributed by atoms with van der Waals surface area (Å²) in [6.45, 7) is 0. The average molecular weight is 284 g/mol. The predicted octanol–water partition coefficient (Wildman–Crippen LogP) is 1.92. The van der Waals surface area contributed by atoms with Gasteiger partial charge in [-0.2, -0.15) is 0 Å². The van der Waals surface area contributed by atoms with E-state index in [1.807, 2.05) is 12.1 Å². The fourth-order valence-electron chi connectivity index (χ4n) is 1.25. The second kappa shape index (κ2) is 4.91. The molecule has 2 heterocycles. The summed E-state index contributed by atoms with van der Waals surface area (Å²) >= 11 is 7.83. The first-order valence-electron chi connectivity index (χ1n) is 4.61. The van der Waals surface area contributed by atoms with E-state index >= 15 is 0 Å². The summed E-state index contributed by atoms with van der Waals surface area (Å²) in [6, 6.07) is 3.67. The first kappa shape index (κ1) is 12.2. The summed E-state index contributed by atoms with van der Waals surface area (Å²) in [5.74, 6) is 0.160. The standard InChI is InChI=1S/C10H8N2O2S3/c1-12-9(13)8(17-10(12)15)4-6-2-3-7(16-6)5-11-14/h2-5,13H,1H3/b6-4-,7-5-. The molecule has 1 N–H and O–H groups in total. The summed E-state index contributed by atoms with van der Waals surface area (Å²) in [7, 11) is 1.72. The molecule has 0 aliphatic carbocycles. The maximum Gasteiger partial charge on any atom is 0.210 e. The van der Waals surface area contributed by atoms with Crippen molar-refractivity contribution in [3.05, 3.63) is 34.9 Å². The van der Waals surface area contributed by atoms with Gasteiger partial charge in [-0.3, -0.25) is 4.57 Å². The molecule has 2 aromatic rings. The molecule has 0 amide bonds. The normalized spacial score (nSPS) is 13.2. The minimum atomic E-state index is 0.160. The number of hydrogen-bond donors (Lipinski definition) is 1. The van der Waals surface area contributed by atoms with Crippen molar-refractivity contribution < 1.29 is 5.11 Å². The van der Waals surface area contributed by atoms with E-state index in [1.165, 1.54) is 28.9 Å². The Balaban J connectivity index is 2.55. The van der Waals surface area contributed by atoms with Crippen molar-refractivity contribution >= 4 is 47.2 Å². The summed E-state index contributed by atoms with van der Waals surface area (Å²) < 4.78 is 3.89. The van der Waals surface area contributed by atoms with Crippen LogP contribution >= 0.6 is 34.9 Å². The predicted molar refractivity (Wildman–Crippen MR) is 73.2 cm³/mol. The molecule has 17 heavy (non-hydrogen) atoms. The van der Waals surface area contributed by atoms with Gasteiger partial charge in [0.15, 0.2) is 3.95 Å². The molecule has 0 fully saturated rings. The molecule has 2 rings (SSSR count). The molecule has 0 radical (unpaired) electrons. The van der Waals surface area contributed by atoms with Crippen LogP contribution in [-0.4, -0.2) is 9.67 Å². The Hall–Kier alpha value is -1.31. The van der Waals surface area contributed by atoms with Gasteiger partial charge in [0.2, 0.25) is 5.88 Å². The molecule has 4 nitrogen and oxygen atoms in total. The fraction of sp³-hybridized carbons (Fsp3) is 0.100. The minimum Gasteiger partial charge on any atom is -0.493 e. The molecular formula is C10H8N2O2S3. The number of hydrogen-bond acceptors (Lipinski definition) is 6. The number of thiophene rings is 1. The van der Waals surface area contributed by atoms with Gasteiger partial charge in [0.25, 0.3) is 0 Å². The molecule has 2 aromatic heterocycles. The highest BCUT2D eigenvalue weighted by Gasteiger charge is 2.05. The smallest absolute Gasteiger partial charge is 0.210 e. The molecule has 0 unspecified atom stereocenters. The Morgan fingerprint density at radius 3 is 2.71 bits per heavy atom. The van der Waals surface area contributed by atoms with E-state index in [9.17, 15) is 10.0 Å². The minimum absolute atomic E-state index is 0.160. The molecule has 0 atom stereocenters. The van der Waals surface area contributed by atoms with Crippen LogP contribution in [0.3, 0.4) is 0 Å². The molecule has 0 aliphatic heterocycles. The summed E-state index contributed by atoms with van der Waals surface area (Å²) in [5.41, 5.74) is 0. The lowest BCUT2D eigenvalue weighted by Gasteiger charge is -1.92. The Labute approximate surface area is 110 Å². The fourth-order valence-corrected chi connectivity index (χ4v) is 3.32. The first-order chi connectivity index (χ1) is 8.11. The molecule has 7 heteroatoms. The molecule has 0 saturated heterocycles. The zero-order valence-electron chi connectivity index (χ0n) is 8.78. The van der Waals surface area contributed by atoms with Gasteiger partial charge >= 0.3 is 0 Å². The number of nitrogens with zero attached hydrogens (tertiary/aromatic N) is 2. The lowest BCUT2D eigenvalue weighted by atomic mass is 10.4. The van der Waals surface area contributed by atoms with Crippen molar-refractivity contribution in [2.24, 2.45) is 12.2 Å². The van der Waals surface area contributed by atoms with E-state index in [0.29, 0.717) is 8.83 Å². The Bertz CT molecular complexity index is 724. The lowest BCUT2D eigenvalue weighted by molar-refractivity contribution is 0.430. The summed E-state index contributed by atoms with van der Waals surface area (Å²) in [5, 5.41) is 12.5. The third-order valence-corrected chi connectivity index (χ3v) is 4.57. The number of aromatic nitrogens is 1. The van der Waals surface area contributed by atoms with Gasteiger partial charge in [-0.15, -0.1) is 27.6 Å². The van der Waals surface area contributed by atoms with Gasteiger partial charge in [-0.25, -0.2) is 0 Å². The highest BCUT2D eigenvalue weighted by molar-refractivity contribution is 7.73. The van der Waals surface area contributed by atoms with Crippen molar-refractivity contribution in [2.75, 3.05) is 0 Å². The van der Waals surface area contributed by atoms with Crippen LogP contribution < -0.4 is 9.06 Å². The van der Waals surface area contributed by atoms with E-state index in [-0.39, 0.29) is 5.88 Å². The third kappa shape index (κ3) is 2.51. The topological polar surface area (TPSA) is 54.6 Å². The van der Waals surface area contributed by atoms with Crippen LogP contribution in [0.2, 0.25) is 0 Å². The highest BCUT2D eigenvalue weighted by Crippen LogP contribution is 2.24. The molecule has 0 bridgehead atoms. The second-order valence-electron chi connectivity index (χ2n) is 3.23. The van der Waals surface area contributed by atoms with Crippen molar-refractivity contribution in [3.63, 3.8) is 0 Å². The largest absolute Gasteiger partial charge is 0.493 e. The van der Waals surface area contributed by atoms with Gasteiger partial charge in [0.05, 0.1) is 11.1 Å². The van der Waals surface area contributed by atoms with Gasteiger partial charge in [-0.05, 0) is 35.6 Å². The van der Waals surface area contributed by atoms with Gasteiger partial charge in [0.1, 0.15) is 0 Å². The Morgan fingerprint density at radius 2 is 2.12 bits per heavy atom. The Kier molecular flexibility index (Phi) is 3.51. The van der Waals surface area contributed by atoms with Crippen LogP contribution in [-0.2, 0) is 7.05 Å². The average Bonchev–Trinajstić information content (AvgIpc) is 2.82. The highest BCUT2D eigenvalue weighted by atomic mass is 32.1. The van der Waals surface area contributed by atoms with Crippen molar-refractivity contribution in [1.29, 1.82) is 0 Å². The number of nitroso groups, excluding NO2 is 1. The van der Waals surface area contributed by atoms with E-state index in [2.05, 4.69) is 5.18 Å². The molecule has 0 spiro atoms. The maximum absolute atomic E-state index is 10.1. The molecule has 0 aromatic carbocycles. The van der Waals surface area contributed by atoms with Crippen LogP contribution in [0.4, 0.5) is 0 Å². The van der Waals surface area contributed by atoms with Gasteiger partial charge in [0, 0.05) is 16.1 Å². The van der Waals surface area contributed by atoms with E-state index < -0.39 is 0 Å². The zero-order valence-corrected chi connectivity index (χ0v) is 11.2. The zero-order chi connectivity index (χ0) is 12.4. The molecule has 0 aliphatic rings. The van der Waals surface area contributed by atoms with Crippen LogP contribution in [0.25, 0.3) is 12.3 Å². The quantitative estimate of drug-likeness (QED) is 0.677. The lowest BCUT2D eigenvalue weighted by Crippen LogP contribution is -1.92. The monoisotopic (exact) mass is 284 g/mol. The van der Waals surface area contributed by atoms with Crippen LogP contribution in [0.15, 0.2) is 17.3 Å². The molecule has 88 valence electrons. The van der Waals surface area contributed by atoms with Crippen molar-refractivity contribution in [2.45, 2.75) is 0 Å². The second-order valence-corrected chi connectivity index (χ2v) is 6.06. The number of aromatic hydroxyl groups is 1. The van der Waals surface area contributed by atoms with Crippen LogP contribution in [0.1, 0.15) is 4.88 Å². The summed E-state index contributed by atoms with van der Waals surface area (Å²) in [6.07, 6.45) is 3.09. The SMILES string of the molecule is Cn1c(O)c(/C=c2/cc/c(=C/N=O)s2)sc1=S. The third-order valence-electron chi connectivity index (χ3n) is 2.11. The van der Waals surface area contributed by atoms with E-state index in [4.69, 9.17) is 12.2 Å². The summed E-state index contributed by atoms with van der Waals surface area (Å²) in [4.78, 5) is 10.8. The van der Waals surface area contributed by atoms with Crippen LogP contribution in [0.5, 0.6) is 5.88 Å². The van der Waals surface area contributed by atoms with Gasteiger partial charge < -0.3 is 5.11 Å². The van der Waals surface area contributed by atoms with E-state index in [1.54, 1.807) is 17.7 Å². The number of thiazole rings is 1. The number of rotatable bonds is 2. The van der Waals surface area contributed by atoms with Gasteiger partial charge in [-0.1, -0.05) is 0 Å². The first-order valence-corrected chi connectivity index (χ1v) is 6.65. The van der Waals surface area contributed by atoms with E-state index in [0.717, 1.165) is 9.06 Å². The maximum atomic E-state index is 10.1. The Morgan fingerprint density at radius 1 is 1.41 bits per heavy atom. The van der Waals surface area contributed by atoms with Crippen molar-refractivity contribution in [1.82, 2.24) is 4.57 Å². The molecular weight excluding hydrogens is 276 g/mol. The molecule has 0 saturated carbocycles. The van der Waals surface area contributed by atoms with Crippen LogP contribution in [0, 0.1) is 8.86 Å².